The second kappa shape index (κ2) is 6.84. The molecule has 2 aromatic carbocycles. The summed E-state index contributed by atoms with van der Waals surface area (Å²) in [6, 6.07) is 10.4. The molecule has 0 atom stereocenters. The first-order valence-corrected chi connectivity index (χ1v) is 8.02. The number of benzene rings is 2. The first-order valence-electron chi connectivity index (χ1n) is 8.02. The van der Waals surface area contributed by atoms with Gasteiger partial charge in [0.25, 0.3) is 5.91 Å². The standard InChI is InChI=1S/C19H20N2O4/c1-24-12-8-9-17(25-2)15(11-12)19(23)21-10-4-6-13-14(18(20)22)5-3-7-16(13)21/h3,5,7-9,11H,4,6,10H2,1-2H3,(H2,20,22). The van der Waals surface area contributed by atoms with Gasteiger partial charge in [0.05, 0.1) is 19.8 Å². The first-order chi connectivity index (χ1) is 12.1. The van der Waals surface area contributed by atoms with Gasteiger partial charge >= 0.3 is 0 Å². The van der Waals surface area contributed by atoms with Gasteiger partial charge in [0, 0.05) is 17.8 Å². The van der Waals surface area contributed by atoms with Gasteiger partial charge in [0.1, 0.15) is 11.5 Å². The highest BCUT2D eigenvalue weighted by atomic mass is 16.5. The van der Waals surface area contributed by atoms with E-state index in [0.717, 1.165) is 17.7 Å². The minimum absolute atomic E-state index is 0.196. The molecule has 25 heavy (non-hydrogen) atoms. The summed E-state index contributed by atoms with van der Waals surface area (Å²) in [6.07, 6.45) is 1.47. The van der Waals surface area contributed by atoms with E-state index in [0.29, 0.717) is 35.6 Å². The molecule has 2 N–H and O–H groups in total. The monoisotopic (exact) mass is 340 g/mol. The van der Waals surface area contributed by atoms with E-state index in [1.54, 1.807) is 42.3 Å². The molecule has 0 fully saturated rings. The number of methoxy groups -OCH3 is 2. The average Bonchev–Trinajstić information content (AvgIpc) is 2.65. The molecule has 0 aliphatic carbocycles. The van der Waals surface area contributed by atoms with Gasteiger partial charge in [-0.15, -0.1) is 0 Å². The number of nitrogens with two attached hydrogens (primary N) is 1. The van der Waals surface area contributed by atoms with E-state index < -0.39 is 5.91 Å². The number of hydrogen-bond acceptors (Lipinski definition) is 4. The third-order valence-electron chi connectivity index (χ3n) is 4.40. The molecule has 0 bridgehead atoms. The van der Waals surface area contributed by atoms with E-state index in [9.17, 15) is 9.59 Å². The summed E-state index contributed by atoms with van der Waals surface area (Å²) in [6.45, 7) is 0.564. The maximum absolute atomic E-state index is 13.2. The molecule has 1 aliphatic rings. The van der Waals surface area contributed by atoms with Gasteiger partial charge in [-0.1, -0.05) is 6.07 Å². The maximum atomic E-state index is 13.2. The lowest BCUT2D eigenvalue weighted by Gasteiger charge is -2.31. The molecule has 0 saturated carbocycles. The van der Waals surface area contributed by atoms with Crippen LogP contribution in [-0.2, 0) is 6.42 Å². The Kier molecular flexibility index (Phi) is 4.61. The van der Waals surface area contributed by atoms with Crippen molar-refractivity contribution in [2.75, 3.05) is 25.7 Å². The van der Waals surface area contributed by atoms with E-state index >= 15 is 0 Å². The molecule has 0 unspecified atom stereocenters. The van der Waals surface area contributed by atoms with Crippen molar-refractivity contribution >= 4 is 17.5 Å². The lowest BCUT2D eigenvalue weighted by atomic mass is 9.95. The number of fused-ring (bicyclic) bond motifs is 1. The van der Waals surface area contributed by atoms with Gasteiger partial charge in [0.15, 0.2) is 0 Å². The van der Waals surface area contributed by atoms with Crippen molar-refractivity contribution in [1.29, 1.82) is 0 Å². The summed E-state index contributed by atoms with van der Waals surface area (Å²) in [7, 11) is 3.07. The van der Waals surface area contributed by atoms with Crippen molar-refractivity contribution in [3.05, 3.63) is 53.1 Å². The SMILES string of the molecule is COc1ccc(OC)c(C(=O)N2CCCc3c(C(N)=O)cccc32)c1. The molecule has 130 valence electrons. The zero-order valence-electron chi connectivity index (χ0n) is 14.2. The van der Waals surface area contributed by atoms with Crippen LogP contribution in [0.2, 0.25) is 0 Å². The normalized spacial score (nSPS) is 13.1. The second-order valence-corrected chi connectivity index (χ2v) is 5.79. The van der Waals surface area contributed by atoms with E-state index in [1.165, 1.54) is 7.11 Å². The highest BCUT2D eigenvalue weighted by Crippen LogP contribution is 2.33. The first kappa shape index (κ1) is 16.8. The fraction of sp³-hybridized carbons (Fsp3) is 0.263. The van der Waals surface area contributed by atoms with Crippen LogP contribution in [0.5, 0.6) is 11.5 Å². The molecule has 0 spiro atoms. The Balaban J connectivity index is 2.06. The van der Waals surface area contributed by atoms with Gasteiger partial charge in [-0.2, -0.15) is 0 Å². The summed E-state index contributed by atoms with van der Waals surface area (Å²) in [5.74, 6) is 0.375. The zero-order valence-corrected chi connectivity index (χ0v) is 14.2. The molecule has 2 amide bonds. The number of nitrogens with zero attached hydrogens (tertiary/aromatic N) is 1. The number of hydrogen-bond donors (Lipinski definition) is 1. The average molecular weight is 340 g/mol. The molecular weight excluding hydrogens is 320 g/mol. The third-order valence-corrected chi connectivity index (χ3v) is 4.40. The van der Waals surface area contributed by atoms with E-state index in [1.807, 2.05) is 6.07 Å². The van der Waals surface area contributed by atoms with Gasteiger partial charge in [-0.3, -0.25) is 9.59 Å². The van der Waals surface area contributed by atoms with Crippen LogP contribution in [0.15, 0.2) is 36.4 Å². The van der Waals surface area contributed by atoms with Crippen LogP contribution < -0.4 is 20.1 Å². The third kappa shape index (κ3) is 3.03. The van der Waals surface area contributed by atoms with Crippen molar-refractivity contribution in [3.8, 4) is 11.5 Å². The minimum Gasteiger partial charge on any atom is -0.497 e. The summed E-state index contributed by atoms with van der Waals surface area (Å²) < 4.78 is 10.6. The fourth-order valence-corrected chi connectivity index (χ4v) is 3.19. The second-order valence-electron chi connectivity index (χ2n) is 5.79. The van der Waals surface area contributed by atoms with Gasteiger partial charge in [0.2, 0.25) is 5.91 Å². The molecule has 6 nitrogen and oxygen atoms in total. The predicted molar refractivity (Wildman–Crippen MR) is 94.5 cm³/mol. The number of carbonyl (C=O) groups is 2. The van der Waals surface area contributed by atoms with Crippen LogP contribution in [0.3, 0.4) is 0 Å². The Labute approximate surface area is 146 Å². The molecule has 6 heteroatoms. The summed E-state index contributed by atoms with van der Waals surface area (Å²) in [5.41, 5.74) is 7.89. The van der Waals surface area contributed by atoms with Crippen molar-refractivity contribution < 1.29 is 19.1 Å². The van der Waals surface area contributed by atoms with Gasteiger partial charge in [-0.05, 0) is 48.7 Å². The molecule has 1 heterocycles. The highest BCUT2D eigenvalue weighted by molar-refractivity contribution is 6.09. The molecule has 1 aliphatic heterocycles. The quantitative estimate of drug-likeness (QED) is 0.926. The summed E-state index contributed by atoms with van der Waals surface area (Å²) in [5, 5.41) is 0. The number of amides is 2. The van der Waals surface area contributed by atoms with E-state index in [-0.39, 0.29) is 5.91 Å². The number of ether oxygens (including phenoxy) is 2. The van der Waals surface area contributed by atoms with Crippen LogP contribution in [0.4, 0.5) is 5.69 Å². The van der Waals surface area contributed by atoms with Crippen molar-refractivity contribution in [2.45, 2.75) is 12.8 Å². The predicted octanol–water partition coefficient (Wildman–Crippen LogP) is 2.40. The molecule has 0 aromatic heterocycles. The largest absolute Gasteiger partial charge is 0.497 e. The van der Waals surface area contributed by atoms with Crippen molar-refractivity contribution in [2.24, 2.45) is 5.73 Å². The van der Waals surface area contributed by atoms with Crippen LogP contribution in [0.25, 0.3) is 0 Å². The lowest BCUT2D eigenvalue weighted by Crippen LogP contribution is -2.36. The van der Waals surface area contributed by atoms with Crippen molar-refractivity contribution in [1.82, 2.24) is 0 Å². The van der Waals surface area contributed by atoms with Crippen molar-refractivity contribution in [3.63, 3.8) is 0 Å². The van der Waals surface area contributed by atoms with Crippen LogP contribution in [0.1, 0.15) is 32.7 Å². The Hall–Kier alpha value is -3.02. The number of primary amides is 1. The minimum atomic E-state index is -0.481. The Bertz CT molecular complexity index is 832. The number of anilines is 1. The molecular formula is C19H20N2O4. The van der Waals surface area contributed by atoms with E-state index in [4.69, 9.17) is 15.2 Å². The van der Waals surface area contributed by atoms with Gasteiger partial charge < -0.3 is 20.1 Å². The molecule has 0 saturated heterocycles. The summed E-state index contributed by atoms with van der Waals surface area (Å²) >= 11 is 0. The smallest absolute Gasteiger partial charge is 0.262 e. The number of rotatable bonds is 4. The number of carbonyl (C=O) groups excluding carboxylic acids is 2. The molecule has 3 rings (SSSR count). The van der Waals surface area contributed by atoms with E-state index in [2.05, 4.69) is 0 Å². The molecule has 2 aromatic rings. The Morgan fingerprint density at radius 3 is 2.56 bits per heavy atom. The van der Waals surface area contributed by atoms with Crippen LogP contribution in [0, 0.1) is 0 Å². The zero-order chi connectivity index (χ0) is 18.0. The fourth-order valence-electron chi connectivity index (χ4n) is 3.19. The van der Waals surface area contributed by atoms with Crippen LogP contribution >= 0.6 is 0 Å². The Morgan fingerprint density at radius 2 is 1.88 bits per heavy atom. The summed E-state index contributed by atoms with van der Waals surface area (Å²) in [4.78, 5) is 26.5. The van der Waals surface area contributed by atoms with Gasteiger partial charge in [-0.25, -0.2) is 0 Å². The topological polar surface area (TPSA) is 81.9 Å². The highest BCUT2D eigenvalue weighted by Gasteiger charge is 2.28. The lowest BCUT2D eigenvalue weighted by molar-refractivity contribution is 0.0974. The Morgan fingerprint density at radius 1 is 1.08 bits per heavy atom. The molecule has 0 radical (unpaired) electrons. The van der Waals surface area contributed by atoms with Crippen LogP contribution in [-0.4, -0.2) is 32.6 Å². The maximum Gasteiger partial charge on any atom is 0.262 e.